The van der Waals surface area contributed by atoms with Gasteiger partial charge in [0.25, 0.3) is 0 Å². The first kappa shape index (κ1) is 17.0. The molecule has 0 heterocycles. The van der Waals surface area contributed by atoms with E-state index >= 15 is 0 Å². The Hall–Kier alpha value is -1.10. The smallest absolute Gasteiger partial charge is 0.120 e. The van der Waals surface area contributed by atoms with Crippen LogP contribution in [-0.4, -0.2) is 49.5 Å². The SMILES string of the molecule is CCOCCN(CCOCC)C(C)c1ccccc1O. The standard InChI is InChI=1S/C16H27NO3/c1-4-19-12-10-17(11-13-20-5-2)14(3)15-8-6-7-9-16(15)18/h6-9,14,18H,4-5,10-13H2,1-3H3. The molecule has 0 fully saturated rings. The topological polar surface area (TPSA) is 41.9 Å². The Morgan fingerprint density at radius 3 is 2.10 bits per heavy atom. The van der Waals surface area contributed by atoms with Gasteiger partial charge >= 0.3 is 0 Å². The first-order valence-corrected chi connectivity index (χ1v) is 7.38. The molecule has 0 radical (unpaired) electrons. The van der Waals surface area contributed by atoms with Crippen molar-refractivity contribution in [3.63, 3.8) is 0 Å². The molecule has 114 valence electrons. The van der Waals surface area contributed by atoms with Crippen molar-refractivity contribution in [3.8, 4) is 5.75 Å². The van der Waals surface area contributed by atoms with E-state index in [9.17, 15) is 5.11 Å². The lowest BCUT2D eigenvalue weighted by atomic mass is 10.1. The van der Waals surface area contributed by atoms with Crippen LogP contribution < -0.4 is 0 Å². The number of benzene rings is 1. The number of rotatable bonds is 10. The summed E-state index contributed by atoms with van der Waals surface area (Å²) < 4.78 is 10.9. The Kier molecular flexibility index (Phi) is 8.26. The molecule has 4 heteroatoms. The average molecular weight is 281 g/mol. The quantitative estimate of drug-likeness (QED) is 0.670. The molecule has 0 aliphatic rings. The van der Waals surface area contributed by atoms with Gasteiger partial charge in [0.15, 0.2) is 0 Å². The summed E-state index contributed by atoms with van der Waals surface area (Å²) in [7, 11) is 0. The molecule has 0 aliphatic carbocycles. The summed E-state index contributed by atoms with van der Waals surface area (Å²) in [6, 6.07) is 7.63. The molecule has 1 N–H and O–H groups in total. The van der Waals surface area contributed by atoms with Crippen LogP contribution in [0.3, 0.4) is 0 Å². The van der Waals surface area contributed by atoms with Crippen molar-refractivity contribution < 1.29 is 14.6 Å². The zero-order chi connectivity index (χ0) is 14.8. The molecule has 0 bridgehead atoms. The summed E-state index contributed by atoms with van der Waals surface area (Å²) in [6.45, 7) is 10.6. The molecule has 1 aromatic rings. The second kappa shape index (κ2) is 9.75. The minimum absolute atomic E-state index is 0.136. The minimum atomic E-state index is 0.136. The second-order valence-corrected chi connectivity index (χ2v) is 4.66. The third kappa shape index (κ3) is 5.49. The fourth-order valence-corrected chi connectivity index (χ4v) is 2.19. The van der Waals surface area contributed by atoms with Gasteiger partial charge in [-0.25, -0.2) is 0 Å². The van der Waals surface area contributed by atoms with Crippen LogP contribution in [0.25, 0.3) is 0 Å². The third-order valence-corrected chi connectivity index (χ3v) is 3.39. The van der Waals surface area contributed by atoms with Gasteiger partial charge in [0.2, 0.25) is 0 Å². The zero-order valence-corrected chi connectivity index (χ0v) is 12.8. The molecule has 0 aliphatic heterocycles. The van der Waals surface area contributed by atoms with E-state index in [4.69, 9.17) is 9.47 Å². The summed E-state index contributed by atoms with van der Waals surface area (Å²) in [4.78, 5) is 2.28. The first-order valence-electron chi connectivity index (χ1n) is 7.38. The lowest BCUT2D eigenvalue weighted by Gasteiger charge is -2.29. The molecular weight excluding hydrogens is 254 g/mol. The maximum atomic E-state index is 9.98. The van der Waals surface area contributed by atoms with E-state index in [2.05, 4.69) is 11.8 Å². The van der Waals surface area contributed by atoms with E-state index in [1.807, 2.05) is 32.0 Å². The van der Waals surface area contributed by atoms with E-state index in [-0.39, 0.29) is 6.04 Å². The molecule has 0 amide bonds. The minimum Gasteiger partial charge on any atom is -0.508 e. The van der Waals surface area contributed by atoms with Crippen molar-refractivity contribution in [1.29, 1.82) is 0 Å². The maximum Gasteiger partial charge on any atom is 0.120 e. The third-order valence-electron chi connectivity index (χ3n) is 3.39. The van der Waals surface area contributed by atoms with Crippen LogP contribution in [0.2, 0.25) is 0 Å². The summed E-state index contributed by atoms with van der Waals surface area (Å²) in [5.74, 6) is 0.345. The summed E-state index contributed by atoms with van der Waals surface area (Å²) in [5.41, 5.74) is 0.945. The predicted octanol–water partition coefficient (Wildman–Crippen LogP) is 2.83. The number of ether oxygens (including phenoxy) is 2. The van der Waals surface area contributed by atoms with E-state index in [1.165, 1.54) is 0 Å². The molecule has 1 aromatic carbocycles. The Morgan fingerprint density at radius 1 is 1.05 bits per heavy atom. The second-order valence-electron chi connectivity index (χ2n) is 4.66. The molecule has 0 aromatic heterocycles. The van der Waals surface area contributed by atoms with Crippen LogP contribution in [0, 0.1) is 0 Å². The van der Waals surface area contributed by atoms with Crippen LogP contribution in [-0.2, 0) is 9.47 Å². The van der Waals surface area contributed by atoms with Crippen molar-refractivity contribution in [2.45, 2.75) is 26.8 Å². The molecule has 0 saturated heterocycles. The Bertz CT molecular complexity index is 360. The average Bonchev–Trinajstić information content (AvgIpc) is 2.46. The fraction of sp³-hybridized carbons (Fsp3) is 0.625. The number of nitrogens with zero attached hydrogens (tertiary/aromatic N) is 1. The highest BCUT2D eigenvalue weighted by atomic mass is 16.5. The molecule has 0 spiro atoms. The van der Waals surface area contributed by atoms with Gasteiger partial charge in [-0.1, -0.05) is 18.2 Å². The van der Waals surface area contributed by atoms with Gasteiger partial charge in [0, 0.05) is 37.9 Å². The highest BCUT2D eigenvalue weighted by Crippen LogP contribution is 2.27. The molecule has 1 atom stereocenters. The van der Waals surface area contributed by atoms with Gasteiger partial charge in [-0.15, -0.1) is 0 Å². The van der Waals surface area contributed by atoms with Crippen LogP contribution in [0.15, 0.2) is 24.3 Å². The summed E-state index contributed by atoms with van der Waals surface area (Å²) in [5, 5.41) is 9.98. The van der Waals surface area contributed by atoms with E-state index < -0.39 is 0 Å². The number of hydrogen-bond donors (Lipinski definition) is 1. The lowest BCUT2D eigenvalue weighted by Crippen LogP contribution is -2.33. The van der Waals surface area contributed by atoms with Gasteiger partial charge in [-0.3, -0.25) is 4.90 Å². The van der Waals surface area contributed by atoms with Crippen molar-refractivity contribution in [2.75, 3.05) is 39.5 Å². The molecule has 0 saturated carbocycles. The molecule has 1 unspecified atom stereocenters. The molecule has 20 heavy (non-hydrogen) atoms. The first-order chi connectivity index (χ1) is 9.70. The fourth-order valence-electron chi connectivity index (χ4n) is 2.19. The number of phenolic OH excluding ortho intramolecular Hbond substituents is 1. The molecule has 1 rings (SSSR count). The van der Waals surface area contributed by atoms with Crippen LogP contribution >= 0.6 is 0 Å². The van der Waals surface area contributed by atoms with E-state index in [0.717, 1.165) is 31.9 Å². The van der Waals surface area contributed by atoms with Crippen LogP contribution in [0.4, 0.5) is 0 Å². The number of aromatic hydroxyl groups is 1. The van der Waals surface area contributed by atoms with Gasteiger partial charge in [-0.2, -0.15) is 0 Å². The zero-order valence-electron chi connectivity index (χ0n) is 12.8. The summed E-state index contributed by atoms with van der Waals surface area (Å²) in [6.07, 6.45) is 0. The van der Waals surface area contributed by atoms with E-state index in [1.54, 1.807) is 6.07 Å². The summed E-state index contributed by atoms with van der Waals surface area (Å²) >= 11 is 0. The molecule has 4 nitrogen and oxygen atoms in total. The number of para-hydroxylation sites is 1. The highest BCUT2D eigenvalue weighted by Gasteiger charge is 2.17. The van der Waals surface area contributed by atoms with Gasteiger partial charge in [0.1, 0.15) is 5.75 Å². The van der Waals surface area contributed by atoms with Gasteiger partial charge < -0.3 is 14.6 Å². The number of phenols is 1. The highest BCUT2D eigenvalue weighted by molar-refractivity contribution is 5.34. The van der Waals surface area contributed by atoms with E-state index in [0.29, 0.717) is 19.0 Å². The van der Waals surface area contributed by atoms with Crippen molar-refractivity contribution in [1.82, 2.24) is 4.90 Å². The predicted molar refractivity (Wildman–Crippen MR) is 81.1 cm³/mol. The Labute approximate surface area is 122 Å². The van der Waals surface area contributed by atoms with Crippen LogP contribution in [0.1, 0.15) is 32.4 Å². The van der Waals surface area contributed by atoms with Crippen molar-refractivity contribution >= 4 is 0 Å². The van der Waals surface area contributed by atoms with Crippen LogP contribution in [0.5, 0.6) is 5.75 Å². The Balaban J connectivity index is 2.66. The maximum absolute atomic E-state index is 9.98. The van der Waals surface area contributed by atoms with Crippen molar-refractivity contribution in [2.24, 2.45) is 0 Å². The molecular formula is C16H27NO3. The number of hydrogen-bond acceptors (Lipinski definition) is 4. The Morgan fingerprint density at radius 2 is 1.60 bits per heavy atom. The van der Waals surface area contributed by atoms with Gasteiger partial charge in [-0.05, 0) is 26.8 Å². The normalized spacial score (nSPS) is 12.8. The largest absolute Gasteiger partial charge is 0.508 e. The van der Waals surface area contributed by atoms with Gasteiger partial charge in [0.05, 0.1) is 13.2 Å². The monoisotopic (exact) mass is 281 g/mol. The van der Waals surface area contributed by atoms with Crippen molar-refractivity contribution in [3.05, 3.63) is 29.8 Å². The lowest BCUT2D eigenvalue weighted by molar-refractivity contribution is 0.0656.